The molecule has 9 heteroatoms. The van der Waals surface area contributed by atoms with Crippen LogP contribution < -0.4 is 21.1 Å². The van der Waals surface area contributed by atoms with Crippen molar-refractivity contribution in [1.82, 2.24) is 15.5 Å². The number of furan rings is 1. The van der Waals surface area contributed by atoms with E-state index >= 15 is 0 Å². The molecule has 0 bridgehead atoms. The lowest BCUT2D eigenvalue weighted by Crippen LogP contribution is -2.52. The summed E-state index contributed by atoms with van der Waals surface area (Å²) >= 11 is 0. The van der Waals surface area contributed by atoms with Gasteiger partial charge in [0.05, 0.1) is 13.7 Å². The van der Waals surface area contributed by atoms with E-state index < -0.39 is 17.5 Å². The van der Waals surface area contributed by atoms with Crippen LogP contribution in [0, 0.1) is 0 Å². The number of amides is 4. The SMILES string of the molecule is COc1ccc2c(c1)C(=O)N(C[C@@]1(c3cc4cc5c(cc4o3)[C@@H](N)CC5)NC(=O)NC1=O)C2. The first-order valence-electron chi connectivity index (χ1n) is 10.8. The molecule has 3 aliphatic rings. The van der Waals surface area contributed by atoms with Crippen LogP contribution in [-0.2, 0) is 23.3 Å². The molecule has 3 aromatic rings. The van der Waals surface area contributed by atoms with E-state index in [4.69, 9.17) is 14.9 Å². The fourth-order valence-corrected chi connectivity index (χ4v) is 5.12. The number of hydrogen-bond acceptors (Lipinski definition) is 6. The Hall–Kier alpha value is -3.85. The molecule has 33 heavy (non-hydrogen) atoms. The fraction of sp³-hybridized carbons (Fsp3) is 0.292. The molecule has 1 aliphatic carbocycles. The number of urea groups is 1. The first kappa shape index (κ1) is 19.8. The van der Waals surface area contributed by atoms with Crippen molar-refractivity contribution in [3.8, 4) is 5.75 Å². The summed E-state index contributed by atoms with van der Waals surface area (Å²) in [6, 6.07) is 10.3. The lowest BCUT2D eigenvalue weighted by Gasteiger charge is -2.29. The van der Waals surface area contributed by atoms with Crippen molar-refractivity contribution in [2.75, 3.05) is 13.7 Å². The summed E-state index contributed by atoms with van der Waals surface area (Å²) in [5, 5.41) is 5.85. The van der Waals surface area contributed by atoms with Gasteiger partial charge in [-0.2, -0.15) is 0 Å². The second-order valence-electron chi connectivity index (χ2n) is 8.84. The molecule has 2 atom stereocenters. The Bertz CT molecular complexity index is 1360. The number of aryl methyl sites for hydroxylation is 1. The molecule has 9 nitrogen and oxygen atoms in total. The molecule has 3 heterocycles. The van der Waals surface area contributed by atoms with Crippen LogP contribution in [0.5, 0.6) is 5.75 Å². The highest BCUT2D eigenvalue weighted by Gasteiger charge is 2.53. The molecule has 2 aromatic carbocycles. The molecule has 4 amide bonds. The molecule has 6 rings (SSSR count). The minimum atomic E-state index is -1.54. The van der Waals surface area contributed by atoms with E-state index in [2.05, 4.69) is 10.6 Å². The van der Waals surface area contributed by atoms with E-state index in [1.807, 2.05) is 18.2 Å². The Balaban J connectivity index is 1.40. The van der Waals surface area contributed by atoms with Crippen molar-refractivity contribution in [3.05, 3.63) is 64.4 Å². The summed E-state index contributed by atoms with van der Waals surface area (Å²) in [6.07, 6.45) is 1.78. The summed E-state index contributed by atoms with van der Waals surface area (Å²) < 4.78 is 11.4. The van der Waals surface area contributed by atoms with E-state index in [1.54, 1.807) is 23.1 Å². The minimum Gasteiger partial charge on any atom is -0.497 e. The maximum atomic E-state index is 13.1. The Morgan fingerprint density at radius 2 is 2.03 bits per heavy atom. The zero-order valence-corrected chi connectivity index (χ0v) is 17.9. The monoisotopic (exact) mass is 446 g/mol. The predicted octanol–water partition coefficient (Wildman–Crippen LogP) is 2.08. The Labute approximate surface area is 188 Å². The van der Waals surface area contributed by atoms with Crippen molar-refractivity contribution < 1.29 is 23.5 Å². The van der Waals surface area contributed by atoms with Crippen molar-refractivity contribution in [2.45, 2.75) is 31.0 Å². The van der Waals surface area contributed by atoms with Crippen molar-refractivity contribution in [3.63, 3.8) is 0 Å². The molecule has 1 fully saturated rings. The molecular weight excluding hydrogens is 424 g/mol. The molecule has 0 radical (unpaired) electrons. The smallest absolute Gasteiger partial charge is 0.322 e. The normalized spacial score (nSPS) is 23.6. The van der Waals surface area contributed by atoms with Crippen molar-refractivity contribution >= 4 is 28.8 Å². The second kappa shape index (κ2) is 6.82. The highest BCUT2D eigenvalue weighted by Crippen LogP contribution is 2.38. The quantitative estimate of drug-likeness (QED) is 0.527. The van der Waals surface area contributed by atoms with E-state index in [1.165, 1.54) is 7.11 Å². The number of methoxy groups -OCH3 is 1. The number of benzene rings is 2. The van der Waals surface area contributed by atoms with E-state index in [-0.39, 0.29) is 24.3 Å². The number of nitrogens with zero attached hydrogens (tertiary/aromatic N) is 1. The van der Waals surface area contributed by atoms with Crippen LogP contribution in [-0.4, -0.2) is 36.4 Å². The van der Waals surface area contributed by atoms with Crippen molar-refractivity contribution in [2.24, 2.45) is 5.73 Å². The molecule has 1 aromatic heterocycles. The lowest BCUT2D eigenvalue weighted by molar-refractivity contribution is -0.125. The summed E-state index contributed by atoms with van der Waals surface area (Å²) in [7, 11) is 1.54. The zero-order chi connectivity index (χ0) is 22.9. The van der Waals surface area contributed by atoms with Crippen LogP contribution in [0.3, 0.4) is 0 Å². The number of carbonyl (C=O) groups excluding carboxylic acids is 3. The van der Waals surface area contributed by atoms with Gasteiger partial charge in [0.15, 0.2) is 5.54 Å². The minimum absolute atomic E-state index is 0.0425. The average Bonchev–Trinajstić information content (AvgIpc) is 3.53. The molecule has 1 saturated heterocycles. The summed E-state index contributed by atoms with van der Waals surface area (Å²) in [4.78, 5) is 40.0. The van der Waals surface area contributed by atoms with Crippen LogP contribution in [0.15, 0.2) is 40.8 Å². The first-order valence-corrected chi connectivity index (χ1v) is 10.8. The maximum Gasteiger partial charge on any atom is 0.322 e. The number of hydrogen-bond donors (Lipinski definition) is 3. The van der Waals surface area contributed by atoms with Gasteiger partial charge in [-0.15, -0.1) is 0 Å². The number of nitrogens with two attached hydrogens (primary N) is 1. The number of fused-ring (bicyclic) bond motifs is 3. The highest BCUT2D eigenvalue weighted by atomic mass is 16.5. The van der Waals surface area contributed by atoms with Gasteiger partial charge in [-0.3, -0.25) is 14.9 Å². The molecule has 0 spiro atoms. The Morgan fingerprint density at radius 3 is 2.79 bits per heavy atom. The summed E-state index contributed by atoms with van der Waals surface area (Å²) in [5.41, 5.74) is 8.81. The Morgan fingerprint density at radius 1 is 1.18 bits per heavy atom. The largest absolute Gasteiger partial charge is 0.497 e. The fourth-order valence-electron chi connectivity index (χ4n) is 5.12. The third-order valence-electron chi connectivity index (χ3n) is 6.89. The number of ether oxygens (including phenoxy) is 1. The van der Waals surface area contributed by atoms with Crippen LogP contribution in [0.1, 0.15) is 45.3 Å². The van der Waals surface area contributed by atoms with Gasteiger partial charge in [0.2, 0.25) is 0 Å². The van der Waals surface area contributed by atoms with Gasteiger partial charge in [0, 0.05) is 23.5 Å². The van der Waals surface area contributed by atoms with Gasteiger partial charge < -0.3 is 25.1 Å². The average molecular weight is 446 g/mol. The number of nitrogens with one attached hydrogen (secondary N) is 2. The van der Waals surface area contributed by atoms with Gasteiger partial charge in [-0.25, -0.2) is 4.79 Å². The van der Waals surface area contributed by atoms with Crippen LogP contribution >= 0.6 is 0 Å². The van der Waals surface area contributed by atoms with Crippen molar-refractivity contribution in [1.29, 1.82) is 0 Å². The first-order chi connectivity index (χ1) is 15.9. The standard InChI is InChI=1S/C24H22N4O5/c1-32-15-4-2-13-10-28(21(29)17(13)8-15)11-24(22(30)26-23(31)27-24)20-7-14-6-12-3-5-18(25)16(12)9-19(14)33-20/h2,4,6-9,18H,3,5,10-11,25H2,1H3,(H2,26,27,30,31)/t18-,24-/m0/s1. The Kier molecular flexibility index (Phi) is 4.09. The summed E-state index contributed by atoms with van der Waals surface area (Å²) in [6.45, 7) is 0.242. The molecule has 0 unspecified atom stereocenters. The summed E-state index contributed by atoms with van der Waals surface area (Å²) in [5.74, 6) is 0.0592. The highest BCUT2D eigenvalue weighted by molar-refractivity contribution is 6.08. The van der Waals surface area contributed by atoms with Crippen LogP contribution in [0.25, 0.3) is 11.0 Å². The lowest BCUT2D eigenvalue weighted by atomic mass is 9.95. The van der Waals surface area contributed by atoms with Crippen LogP contribution in [0.4, 0.5) is 4.79 Å². The number of rotatable bonds is 4. The van der Waals surface area contributed by atoms with Crippen LogP contribution in [0.2, 0.25) is 0 Å². The van der Waals surface area contributed by atoms with Gasteiger partial charge in [0.1, 0.15) is 17.1 Å². The maximum absolute atomic E-state index is 13.1. The van der Waals surface area contributed by atoms with Gasteiger partial charge in [0.25, 0.3) is 11.8 Å². The predicted molar refractivity (Wildman–Crippen MR) is 118 cm³/mol. The molecule has 4 N–H and O–H groups in total. The molecule has 168 valence electrons. The topological polar surface area (TPSA) is 127 Å². The van der Waals surface area contributed by atoms with Gasteiger partial charge >= 0.3 is 6.03 Å². The number of imide groups is 1. The van der Waals surface area contributed by atoms with Gasteiger partial charge in [-0.05, 0) is 59.9 Å². The second-order valence-corrected chi connectivity index (χ2v) is 8.84. The molecule has 2 aliphatic heterocycles. The van der Waals surface area contributed by atoms with Gasteiger partial charge in [-0.1, -0.05) is 6.07 Å². The molecular formula is C24H22N4O5. The third kappa shape index (κ3) is 2.85. The van der Waals surface area contributed by atoms with E-state index in [0.717, 1.165) is 34.9 Å². The molecule has 0 saturated carbocycles. The number of carbonyl (C=O) groups is 3. The van der Waals surface area contributed by atoms with E-state index in [9.17, 15) is 14.4 Å². The third-order valence-corrected chi connectivity index (χ3v) is 6.89. The zero-order valence-electron chi connectivity index (χ0n) is 17.9. The van der Waals surface area contributed by atoms with E-state index in [0.29, 0.717) is 23.4 Å².